The van der Waals surface area contributed by atoms with E-state index in [4.69, 9.17) is 9.47 Å². The predicted molar refractivity (Wildman–Crippen MR) is 81.0 cm³/mol. The monoisotopic (exact) mass is 307 g/mol. The molecule has 0 spiro atoms. The minimum atomic E-state index is -0.0645. The van der Waals surface area contributed by atoms with Gasteiger partial charge in [0.15, 0.2) is 0 Å². The lowest BCUT2D eigenvalue weighted by molar-refractivity contribution is -0.115. The first kappa shape index (κ1) is 15.2. The van der Waals surface area contributed by atoms with Gasteiger partial charge in [-0.2, -0.15) is 0 Å². The van der Waals surface area contributed by atoms with Gasteiger partial charge in [0.2, 0.25) is 11.0 Å². The number of amides is 1. The van der Waals surface area contributed by atoms with Crippen molar-refractivity contribution in [3.63, 3.8) is 0 Å². The molecule has 7 heteroatoms. The molecule has 2 aromatic rings. The third-order valence-corrected chi connectivity index (χ3v) is 3.56. The highest BCUT2D eigenvalue weighted by Crippen LogP contribution is 2.20. The van der Waals surface area contributed by atoms with Gasteiger partial charge in [-0.15, -0.1) is 10.2 Å². The summed E-state index contributed by atoms with van der Waals surface area (Å²) in [6.45, 7) is 2.28. The molecular weight excluding hydrogens is 290 g/mol. The van der Waals surface area contributed by atoms with Crippen LogP contribution in [-0.4, -0.2) is 29.8 Å². The second-order valence-corrected chi connectivity index (χ2v) is 5.24. The molecule has 0 radical (unpaired) electrons. The van der Waals surface area contributed by atoms with Crippen LogP contribution in [0.3, 0.4) is 0 Å². The Morgan fingerprint density at radius 1 is 1.33 bits per heavy atom. The number of ether oxygens (including phenoxy) is 2. The maximum absolute atomic E-state index is 11.2. The number of rotatable bonds is 7. The Morgan fingerprint density at radius 3 is 2.90 bits per heavy atom. The van der Waals surface area contributed by atoms with Crippen LogP contribution >= 0.6 is 11.3 Å². The summed E-state index contributed by atoms with van der Waals surface area (Å²) in [5.41, 5.74) is 0. The number of hydrogen-bond acceptors (Lipinski definition) is 6. The van der Waals surface area contributed by atoms with Crippen LogP contribution in [0.1, 0.15) is 18.4 Å². The second-order valence-electron chi connectivity index (χ2n) is 4.18. The lowest BCUT2D eigenvalue weighted by Crippen LogP contribution is -2.08. The molecule has 0 saturated carbocycles. The molecule has 0 aliphatic carbocycles. The number of carbonyl (C=O) groups excluding carboxylic acids is 1. The van der Waals surface area contributed by atoms with E-state index < -0.39 is 0 Å². The van der Waals surface area contributed by atoms with Gasteiger partial charge in [0, 0.05) is 18.9 Å². The average Bonchev–Trinajstić information content (AvgIpc) is 2.94. The Kier molecular flexibility index (Phi) is 5.51. The van der Waals surface area contributed by atoms with Crippen LogP contribution in [0.5, 0.6) is 11.5 Å². The van der Waals surface area contributed by atoms with E-state index in [1.165, 1.54) is 11.3 Å². The zero-order valence-electron chi connectivity index (χ0n) is 12.0. The van der Waals surface area contributed by atoms with Gasteiger partial charge in [-0.1, -0.05) is 24.3 Å². The van der Waals surface area contributed by atoms with Crippen molar-refractivity contribution in [2.24, 2.45) is 0 Å². The Morgan fingerprint density at radius 2 is 2.14 bits per heavy atom. The van der Waals surface area contributed by atoms with Gasteiger partial charge < -0.3 is 14.8 Å². The van der Waals surface area contributed by atoms with Crippen molar-refractivity contribution in [3.8, 4) is 11.5 Å². The number of nitrogens with one attached hydrogen (secondary N) is 1. The third kappa shape index (κ3) is 4.71. The van der Waals surface area contributed by atoms with Gasteiger partial charge in [0.05, 0.1) is 13.7 Å². The van der Waals surface area contributed by atoms with E-state index in [2.05, 4.69) is 15.5 Å². The predicted octanol–water partition coefficient (Wildman–Crippen LogP) is 2.52. The molecule has 1 heterocycles. The van der Waals surface area contributed by atoms with E-state index in [1.54, 1.807) is 14.0 Å². The first-order chi connectivity index (χ1) is 10.2. The van der Waals surface area contributed by atoms with Gasteiger partial charge >= 0.3 is 0 Å². The number of nitrogens with zero attached hydrogens (tertiary/aromatic N) is 2. The fourth-order valence-electron chi connectivity index (χ4n) is 1.56. The molecule has 112 valence electrons. The first-order valence-electron chi connectivity index (χ1n) is 6.60. The smallest absolute Gasteiger partial charge is 0.225 e. The molecular formula is C14H17N3O3S. The van der Waals surface area contributed by atoms with Gasteiger partial charge in [-0.05, 0) is 12.1 Å². The lowest BCUT2D eigenvalue weighted by Gasteiger charge is -2.06. The van der Waals surface area contributed by atoms with E-state index in [1.807, 2.05) is 24.3 Å². The fraction of sp³-hybridized carbons (Fsp3) is 0.357. The van der Waals surface area contributed by atoms with Crippen LogP contribution in [0.25, 0.3) is 0 Å². The summed E-state index contributed by atoms with van der Waals surface area (Å²) in [7, 11) is 1.62. The molecule has 0 bridgehead atoms. The number of methoxy groups -OCH3 is 1. The summed E-state index contributed by atoms with van der Waals surface area (Å²) >= 11 is 1.36. The second kappa shape index (κ2) is 7.58. The van der Waals surface area contributed by atoms with Crippen molar-refractivity contribution < 1.29 is 14.3 Å². The Balaban J connectivity index is 1.81. The quantitative estimate of drug-likeness (QED) is 0.851. The summed E-state index contributed by atoms with van der Waals surface area (Å²) in [6, 6.07) is 7.43. The molecule has 21 heavy (non-hydrogen) atoms. The minimum Gasteiger partial charge on any atom is -0.497 e. The summed E-state index contributed by atoms with van der Waals surface area (Å²) in [5, 5.41) is 12.0. The van der Waals surface area contributed by atoms with E-state index in [9.17, 15) is 4.79 Å². The van der Waals surface area contributed by atoms with Crippen LogP contribution in [0, 0.1) is 0 Å². The van der Waals surface area contributed by atoms with E-state index >= 15 is 0 Å². The Labute approximate surface area is 127 Å². The molecule has 1 aromatic carbocycles. The SMILES string of the molecule is CCC(=O)Nc1nnc(CCOc2cccc(OC)c2)s1. The van der Waals surface area contributed by atoms with Crippen molar-refractivity contribution in [3.05, 3.63) is 29.3 Å². The van der Waals surface area contributed by atoms with Crippen LogP contribution < -0.4 is 14.8 Å². The minimum absolute atomic E-state index is 0.0645. The molecule has 0 aliphatic rings. The van der Waals surface area contributed by atoms with Gasteiger partial charge in [0.25, 0.3) is 0 Å². The highest BCUT2D eigenvalue weighted by Gasteiger charge is 2.07. The summed E-state index contributed by atoms with van der Waals surface area (Å²) < 4.78 is 10.8. The molecule has 2 rings (SSSR count). The summed E-state index contributed by atoms with van der Waals surface area (Å²) in [5.74, 6) is 1.44. The van der Waals surface area contributed by atoms with Crippen molar-refractivity contribution in [1.82, 2.24) is 10.2 Å². The number of hydrogen-bond donors (Lipinski definition) is 1. The Bertz CT molecular complexity index is 601. The zero-order chi connectivity index (χ0) is 15.1. The molecule has 0 unspecified atom stereocenters. The van der Waals surface area contributed by atoms with E-state index in [0.29, 0.717) is 24.6 Å². The van der Waals surface area contributed by atoms with Crippen molar-refractivity contribution >= 4 is 22.4 Å². The summed E-state index contributed by atoms with van der Waals surface area (Å²) in [6.07, 6.45) is 1.06. The van der Waals surface area contributed by atoms with E-state index in [0.717, 1.165) is 16.5 Å². The molecule has 0 aliphatic heterocycles. The highest BCUT2D eigenvalue weighted by atomic mass is 32.1. The maximum atomic E-state index is 11.2. The molecule has 0 saturated heterocycles. The number of benzene rings is 1. The average molecular weight is 307 g/mol. The fourth-order valence-corrected chi connectivity index (χ4v) is 2.30. The number of aromatic nitrogens is 2. The number of carbonyl (C=O) groups is 1. The van der Waals surface area contributed by atoms with Crippen LogP contribution in [0.2, 0.25) is 0 Å². The van der Waals surface area contributed by atoms with Crippen molar-refractivity contribution in [1.29, 1.82) is 0 Å². The summed E-state index contributed by atoms with van der Waals surface area (Å²) in [4.78, 5) is 11.2. The molecule has 0 atom stereocenters. The normalized spacial score (nSPS) is 10.2. The standard InChI is InChI=1S/C14H17N3O3S/c1-3-12(18)15-14-17-16-13(21-14)7-8-20-11-6-4-5-10(9-11)19-2/h4-6,9H,3,7-8H2,1-2H3,(H,15,17,18). The maximum Gasteiger partial charge on any atom is 0.225 e. The lowest BCUT2D eigenvalue weighted by atomic mass is 10.3. The molecule has 6 nitrogen and oxygen atoms in total. The van der Waals surface area contributed by atoms with Crippen molar-refractivity contribution in [2.75, 3.05) is 19.0 Å². The van der Waals surface area contributed by atoms with Crippen LogP contribution in [0.4, 0.5) is 5.13 Å². The van der Waals surface area contributed by atoms with Gasteiger partial charge in [0.1, 0.15) is 16.5 Å². The first-order valence-corrected chi connectivity index (χ1v) is 7.42. The molecule has 1 aromatic heterocycles. The zero-order valence-corrected chi connectivity index (χ0v) is 12.8. The topological polar surface area (TPSA) is 73.3 Å². The largest absolute Gasteiger partial charge is 0.497 e. The van der Waals surface area contributed by atoms with Gasteiger partial charge in [-0.3, -0.25) is 4.79 Å². The Hall–Kier alpha value is -2.15. The van der Waals surface area contributed by atoms with Crippen molar-refractivity contribution in [2.45, 2.75) is 19.8 Å². The van der Waals surface area contributed by atoms with Crippen LogP contribution in [0.15, 0.2) is 24.3 Å². The van der Waals surface area contributed by atoms with Crippen LogP contribution in [-0.2, 0) is 11.2 Å². The molecule has 1 amide bonds. The molecule has 0 fully saturated rings. The van der Waals surface area contributed by atoms with Gasteiger partial charge in [-0.25, -0.2) is 0 Å². The third-order valence-electron chi connectivity index (χ3n) is 2.66. The van der Waals surface area contributed by atoms with E-state index in [-0.39, 0.29) is 5.91 Å². The number of anilines is 1. The highest BCUT2D eigenvalue weighted by molar-refractivity contribution is 7.15. The molecule has 1 N–H and O–H groups in total.